The lowest BCUT2D eigenvalue weighted by molar-refractivity contribution is 0.101. The second-order valence-corrected chi connectivity index (χ2v) is 4.86. The van der Waals surface area contributed by atoms with Gasteiger partial charge in [-0.3, -0.25) is 4.79 Å². The summed E-state index contributed by atoms with van der Waals surface area (Å²) < 4.78 is 5.51. The van der Waals surface area contributed by atoms with Crippen LogP contribution in [0.25, 0.3) is 0 Å². The molecule has 0 radical (unpaired) electrons. The highest BCUT2D eigenvalue weighted by atomic mass is 16.5. The Hall–Kier alpha value is -1.35. The number of nitrogens with one attached hydrogen (secondary N) is 1. The average molecular weight is 249 g/mol. The molecule has 0 heterocycles. The zero-order valence-corrected chi connectivity index (χ0v) is 11.5. The van der Waals surface area contributed by atoms with Crippen LogP contribution in [0, 0.1) is 5.92 Å². The van der Waals surface area contributed by atoms with Crippen LogP contribution in [0.1, 0.15) is 37.6 Å². The maximum Gasteiger partial charge on any atom is 0.159 e. The highest BCUT2D eigenvalue weighted by Crippen LogP contribution is 2.09. The van der Waals surface area contributed by atoms with Crippen molar-refractivity contribution in [1.29, 1.82) is 0 Å². The van der Waals surface area contributed by atoms with Gasteiger partial charge in [-0.2, -0.15) is 0 Å². The number of hydrogen-bond donors (Lipinski definition) is 1. The van der Waals surface area contributed by atoms with Gasteiger partial charge in [0.05, 0.1) is 6.61 Å². The van der Waals surface area contributed by atoms with Crippen LogP contribution in [0.5, 0.6) is 0 Å². The third-order valence-corrected chi connectivity index (χ3v) is 2.71. The van der Waals surface area contributed by atoms with E-state index in [0.717, 1.165) is 30.8 Å². The van der Waals surface area contributed by atoms with Crippen LogP contribution in [-0.4, -0.2) is 25.5 Å². The minimum absolute atomic E-state index is 0.0959. The van der Waals surface area contributed by atoms with E-state index in [1.807, 2.05) is 24.3 Å². The van der Waals surface area contributed by atoms with Crippen molar-refractivity contribution >= 4 is 11.5 Å². The molecule has 3 heteroatoms. The number of hydrogen-bond acceptors (Lipinski definition) is 3. The van der Waals surface area contributed by atoms with Gasteiger partial charge in [0.25, 0.3) is 0 Å². The summed E-state index contributed by atoms with van der Waals surface area (Å²) in [7, 11) is 0. The third kappa shape index (κ3) is 5.82. The van der Waals surface area contributed by atoms with Gasteiger partial charge in [0.2, 0.25) is 0 Å². The molecule has 0 aliphatic carbocycles. The van der Waals surface area contributed by atoms with E-state index in [9.17, 15) is 4.79 Å². The van der Waals surface area contributed by atoms with Gasteiger partial charge >= 0.3 is 0 Å². The summed E-state index contributed by atoms with van der Waals surface area (Å²) in [6.07, 6.45) is 1.10. The predicted molar refractivity (Wildman–Crippen MR) is 75.2 cm³/mol. The molecule has 0 fully saturated rings. The van der Waals surface area contributed by atoms with Crippen molar-refractivity contribution in [3.63, 3.8) is 0 Å². The molecule has 0 aromatic heterocycles. The van der Waals surface area contributed by atoms with Crippen LogP contribution in [-0.2, 0) is 4.74 Å². The largest absolute Gasteiger partial charge is 0.383 e. The number of ketones is 1. The minimum atomic E-state index is 0.0959. The Balaban J connectivity index is 2.17. The first-order valence-corrected chi connectivity index (χ1v) is 6.52. The van der Waals surface area contributed by atoms with Crippen molar-refractivity contribution in [2.45, 2.75) is 27.2 Å². The fourth-order valence-corrected chi connectivity index (χ4v) is 1.51. The number of rotatable bonds is 8. The summed E-state index contributed by atoms with van der Waals surface area (Å²) in [6.45, 7) is 8.28. The average Bonchev–Trinajstić information content (AvgIpc) is 2.34. The van der Waals surface area contributed by atoms with Gasteiger partial charge < -0.3 is 10.1 Å². The second-order valence-electron chi connectivity index (χ2n) is 4.86. The number of carbonyl (C=O) groups is 1. The van der Waals surface area contributed by atoms with Crippen molar-refractivity contribution in [3.05, 3.63) is 29.8 Å². The molecule has 0 amide bonds. The summed E-state index contributed by atoms with van der Waals surface area (Å²) in [5, 5.41) is 3.26. The van der Waals surface area contributed by atoms with Crippen LogP contribution in [0.4, 0.5) is 5.69 Å². The normalized spacial score (nSPS) is 10.7. The fourth-order valence-electron chi connectivity index (χ4n) is 1.51. The molecule has 1 aromatic carbocycles. The van der Waals surface area contributed by atoms with Gasteiger partial charge in [-0.15, -0.1) is 0 Å². The maximum atomic E-state index is 11.1. The number of anilines is 1. The highest BCUT2D eigenvalue weighted by molar-refractivity contribution is 5.94. The van der Waals surface area contributed by atoms with Crippen molar-refractivity contribution in [3.8, 4) is 0 Å². The summed E-state index contributed by atoms with van der Waals surface area (Å²) in [5.41, 5.74) is 1.76. The van der Waals surface area contributed by atoms with E-state index in [-0.39, 0.29) is 5.78 Å². The lowest BCUT2D eigenvalue weighted by Gasteiger charge is -2.08. The van der Waals surface area contributed by atoms with Crippen molar-refractivity contribution < 1.29 is 9.53 Å². The zero-order chi connectivity index (χ0) is 13.4. The number of carbonyl (C=O) groups excluding carboxylic acids is 1. The Morgan fingerprint density at radius 2 is 1.89 bits per heavy atom. The molecule has 0 spiro atoms. The van der Waals surface area contributed by atoms with E-state index in [0.29, 0.717) is 12.5 Å². The molecule has 3 nitrogen and oxygen atoms in total. The van der Waals surface area contributed by atoms with Crippen LogP contribution in [0.2, 0.25) is 0 Å². The number of ether oxygens (including phenoxy) is 1. The van der Waals surface area contributed by atoms with Gasteiger partial charge in [0, 0.05) is 24.4 Å². The Morgan fingerprint density at radius 3 is 2.44 bits per heavy atom. The quantitative estimate of drug-likeness (QED) is 0.567. The third-order valence-electron chi connectivity index (χ3n) is 2.71. The van der Waals surface area contributed by atoms with E-state index in [1.165, 1.54) is 0 Å². The first-order valence-electron chi connectivity index (χ1n) is 6.52. The molecule has 0 bridgehead atoms. The molecule has 1 N–H and O–H groups in total. The van der Waals surface area contributed by atoms with Crippen LogP contribution in [0.3, 0.4) is 0 Å². The van der Waals surface area contributed by atoms with Crippen molar-refractivity contribution in [1.82, 2.24) is 0 Å². The zero-order valence-electron chi connectivity index (χ0n) is 11.5. The van der Waals surface area contributed by atoms with Gasteiger partial charge in [-0.1, -0.05) is 13.8 Å². The summed E-state index contributed by atoms with van der Waals surface area (Å²) in [4.78, 5) is 11.1. The molecule has 100 valence electrons. The Bertz CT molecular complexity index is 357. The molecule has 0 unspecified atom stereocenters. The standard InChI is InChI=1S/C15H23NO2/c1-12(2)8-10-18-11-9-16-15-6-4-14(5-7-15)13(3)17/h4-7,12,16H,8-11H2,1-3H3. The molecule has 0 saturated carbocycles. The first-order chi connectivity index (χ1) is 8.59. The first kappa shape index (κ1) is 14.7. The minimum Gasteiger partial charge on any atom is -0.383 e. The lowest BCUT2D eigenvalue weighted by atomic mass is 10.1. The van der Waals surface area contributed by atoms with Crippen LogP contribution < -0.4 is 5.32 Å². The highest BCUT2D eigenvalue weighted by Gasteiger charge is 1.98. The fraction of sp³-hybridized carbons (Fsp3) is 0.533. The topological polar surface area (TPSA) is 38.3 Å². The molecule has 18 heavy (non-hydrogen) atoms. The smallest absolute Gasteiger partial charge is 0.159 e. The Labute approximate surface area is 110 Å². The lowest BCUT2D eigenvalue weighted by Crippen LogP contribution is -2.10. The predicted octanol–water partition coefficient (Wildman–Crippen LogP) is 3.36. The summed E-state index contributed by atoms with van der Waals surface area (Å²) in [5.74, 6) is 0.788. The monoisotopic (exact) mass is 249 g/mol. The van der Waals surface area contributed by atoms with Gasteiger partial charge in [-0.05, 0) is 43.5 Å². The molecule has 0 saturated heterocycles. The number of benzene rings is 1. The molecule has 1 aromatic rings. The number of Topliss-reactive ketones (excluding diaryl/α,β-unsaturated/α-hetero) is 1. The van der Waals surface area contributed by atoms with Gasteiger partial charge in [-0.25, -0.2) is 0 Å². The van der Waals surface area contributed by atoms with Gasteiger partial charge in [0.1, 0.15) is 0 Å². The molecular formula is C15H23NO2. The van der Waals surface area contributed by atoms with Crippen molar-refractivity contribution in [2.24, 2.45) is 5.92 Å². The second kappa shape index (κ2) is 7.88. The molecule has 0 aliphatic rings. The molecular weight excluding hydrogens is 226 g/mol. The van der Waals surface area contributed by atoms with E-state index in [1.54, 1.807) is 6.92 Å². The van der Waals surface area contributed by atoms with Crippen LogP contribution >= 0.6 is 0 Å². The molecule has 0 atom stereocenters. The van der Waals surface area contributed by atoms with Crippen molar-refractivity contribution in [2.75, 3.05) is 25.1 Å². The maximum absolute atomic E-state index is 11.1. The van der Waals surface area contributed by atoms with E-state index in [2.05, 4.69) is 19.2 Å². The molecule has 1 rings (SSSR count). The Morgan fingerprint density at radius 1 is 1.22 bits per heavy atom. The Kier molecular flexibility index (Phi) is 6.44. The SMILES string of the molecule is CC(=O)c1ccc(NCCOCCC(C)C)cc1. The molecule has 0 aliphatic heterocycles. The van der Waals surface area contributed by atoms with Crippen LogP contribution in [0.15, 0.2) is 24.3 Å². The van der Waals surface area contributed by atoms with E-state index >= 15 is 0 Å². The van der Waals surface area contributed by atoms with Gasteiger partial charge in [0.15, 0.2) is 5.78 Å². The summed E-state index contributed by atoms with van der Waals surface area (Å²) in [6, 6.07) is 7.52. The summed E-state index contributed by atoms with van der Waals surface area (Å²) >= 11 is 0. The van der Waals surface area contributed by atoms with E-state index in [4.69, 9.17) is 4.74 Å². The van der Waals surface area contributed by atoms with E-state index < -0.39 is 0 Å².